The Hall–Kier alpha value is -2.39. The number of aromatic amines is 1. The number of hydrogen-bond acceptors (Lipinski definition) is 1. The highest BCUT2D eigenvalue weighted by Crippen LogP contribution is 2.31. The zero-order valence-electron chi connectivity index (χ0n) is 12.2. The van der Waals surface area contributed by atoms with Crippen LogP contribution in [0.25, 0.3) is 27.6 Å². The second-order valence-corrected chi connectivity index (χ2v) is 5.66. The van der Waals surface area contributed by atoms with Crippen LogP contribution in [-0.2, 0) is 0 Å². The first-order valence-electron chi connectivity index (χ1n) is 7.58. The van der Waals surface area contributed by atoms with Gasteiger partial charge in [-0.15, -0.1) is 0 Å². The molecule has 4 rings (SSSR count). The molecule has 110 valence electrons. The van der Waals surface area contributed by atoms with E-state index in [2.05, 4.69) is 34.7 Å². The molecule has 1 aromatic heterocycles. The van der Waals surface area contributed by atoms with Gasteiger partial charge >= 0.3 is 0 Å². The van der Waals surface area contributed by atoms with E-state index in [1.165, 1.54) is 22.6 Å². The van der Waals surface area contributed by atoms with Gasteiger partial charge in [0.15, 0.2) is 0 Å². The Labute approximate surface area is 128 Å². The molecule has 0 aliphatic carbocycles. The molecule has 0 unspecified atom stereocenters. The highest BCUT2D eigenvalue weighted by atomic mass is 19.1. The van der Waals surface area contributed by atoms with Gasteiger partial charge in [-0.3, -0.25) is 0 Å². The Kier molecular flexibility index (Phi) is 3.28. The molecule has 0 saturated heterocycles. The largest absolute Gasteiger partial charge is 0.361 e. The van der Waals surface area contributed by atoms with Crippen molar-refractivity contribution in [2.24, 2.45) is 0 Å². The van der Waals surface area contributed by atoms with Gasteiger partial charge in [0.1, 0.15) is 5.82 Å². The monoisotopic (exact) mass is 292 g/mol. The number of aromatic nitrogens is 1. The van der Waals surface area contributed by atoms with Crippen LogP contribution in [0.1, 0.15) is 12.0 Å². The lowest BCUT2D eigenvalue weighted by molar-refractivity contribution is 0.628. The fourth-order valence-electron chi connectivity index (χ4n) is 3.10. The standard InChI is InChI=1S/C19H17FN2/c20-16-3-1-2-14(10-16)15-4-5-19-17(11-15)18(12-22-19)13-6-8-21-9-7-13/h1-6,10-12,21-22H,7-9H2. The molecule has 0 bridgehead atoms. The van der Waals surface area contributed by atoms with Crippen LogP contribution in [0.3, 0.4) is 0 Å². The Morgan fingerprint density at radius 3 is 2.73 bits per heavy atom. The predicted molar refractivity (Wildman–Crippen MR) is 89.2 cm³/mol. The molecular weight excluding hydrogens is 275 g/mol. The Morgan fingerprint density at radius 1 is 1.00 bits per heavy atom. The average Bonchev–Trinajstić information content (AvgIpc) is 2.99. The number of rotatable bonds is 2. The molecule has 1 aliphatic heterocycles. The summed E-state index contributed by atoms with van der Waals surface area (Å²) in [4.78, 5) is 3.34. The lowest BCUT2D eigenvalue weighted by Gasteiger charge is -2.13. The number of halogens is 1. The van der Waals surface area contributed by atoms with E-state index < -0.39 is 0 Å². The second-order valence-electron chi connectivity index (χ2n) is 5.66. The predicted octanol–water partition coefficient (Wildman–Crippen LogP) is 4.35. The number of fused-ring (bicyclic) bond motifs is 1. The molecule has 0 atom stereocenters. The van der Waals surface area contributed by atoms with Crippen molar-refractivity contribution in [1.82, 2.24) is 10.3 Å². The molecule has 0 fully saturated rings. The van der Waals surface area contributed by atoms with Gasteiger partial charge in [0.05, 0.1) is 0 Å². The maximum absolute atomic E-state index is 13.5. The van der Waals surface area contributed by atoms with E-state index in [0.29, 0.717) is 0 Å². The maximum Gasteiger partial charge on any atom is 0.123 e. The van der Waals surface area contributed by atoms with E-state index in [1.807, 2.05) is 12.1 Å². The molecule has 2 heterocycles. The van der Waals surface area contributed by atoms with Gasteiger partial charge in [-0.05, 0) is 53.9 Å². The van der Waals surface area contributed by atoms with E-state index in [0.717, 1.165) is 36.2 Å². The van der Waals surface area contributed by atoms with Gasteiger partial charge in [0.2, 0.25) is 0 Å². The number of hydrogen-bond donors (Lipinski definition) is 2. The molecule has 2 nitrogen and oxygen atoms in total. The Morgan fingerprint density at radius 2 is 1.91 bits per heavy atom. The normalized spacial score (nSPS) is 15.0. The van der Waals surface area contributed by atoms with Crippen LogP contribution in [0.15, 0.2) is 54.7 Å². The van der Waals surface area contributed by atoms with Crippen molar-refractivity contribution in [1.29, 1.82) is 0 Å². The van der Waals surface area contributed by atoms with Crippen LogP contribution in [0, 0.1) is 5.82 Å². The van der Waals surface area contributed by atoms with Crippen molar-refractivity contribution in [2.75, 3.05) is 13.1 Å². The van der Waals surface area contributed by atoms with E-state index in [1.54, 1.807) is 12.1 Å². The lowest BCUT2D eigenvalue weighted by atomic mass is 9.97. The summed E-state index contributed by atoms with van der Waals surface area (Å²) < 4.78 is 13.5. The lowest BCUT2D eigenvalue weighted by Crippen LogP contribution is -2.19. The summed E-state index contributed by atoms with van der Waals surface area (Å²) in [5.74, 6) is -0.201. The third-order valence-corrected chi connectivity index (χ3v) is 4.25. The quantitative estimate of drug-likeness (QED) is 0.722. The van der Waals surface area contributed by atoms with E-state index >= 15 is 0 Å². The van der Waals surface area contributed by atoms with Gasteiger partial charge in [0, 0.05) is 29.2 Å². The fourth-order valence-corrected chi connectivity index (χ4v) is 3.10. The van der Waals surface area contributed by atoms with Crippen LogP contribution in [0.5, 0.6) is 0 Å². The fraction of sp³-hybridized carbons (Fsp3) is 0.158. The third kappa shape index (κ3) is 2.34. The zero-order valence-corrected chi connectivity index (χ0v) is 12.2. The Balaban J connectivity index is 1.84. The van der Waals surface area contributed by atoms with Crippen molar-refractivity contribution in [3.63, 3.8) is 0 Å². The summed E-state index contributed by atoms with van der Waals surface area (Å²) >= 11 is 0. The number of nitrogens with one attached hydrogen (secondary N) is 2. The SMILES string of the molecule is Fc1cccc(-c2ccc3[nH]cc(C4=CCNCC4)c3c2)c1. The molecule has 2 aromatic carbocycles. The van der Waals surface area contributed by atoms with Gasteiger partial charge in [-0.25, -0.2) is 4.39 Å². The Bertz CT molecular complexity index is 861. The molecule has 0 radical (unpaired) electrons. The molecule has 0 amide bonds. The molecule has 0 saturated carbocycles. The summed E-state index contributed by atoms with van der Waals surface area (Å²) in [6.45, 7) is 1.94. The van der Waals surface area contributed by atoms with Crippen LogP contribution >= 0.6 is 0 Å². The molecule has 3 aromatic rings. The first-order valence-corrected chi connectivity index (χ1v) is 7.58. The van der Waals surface area contributed by atoms with Crippen LogP contribution in [-0.4, -0.2) is 18.1 Å². The molecule has 0 spiro atoms. The van der Waals surface area contributed by atoms with Crippen molar-refractivity contribution in [2.45, 2.75) is 6.42 Å². The molecule has 22 heavy (non-hydrogen) atoms. The molecule has 1 aliphatic rings. The van der Waals surface area contributed by atoms with Crippen molar-refractivity contribution in [3.05, 3.63) is 66.1 Å². The minimum absolute atomic E-state index is 0.201. The van der Waals surface area contributed by atoms with Crippen LogP contribution in [0.4, 0.5) is 4.39 Å². The average molecular weight is 292 g/mol. The zero-order chi connectivity index (χ0) is 14.9. The highest BCUT2D eigenvalue weighted by molar-refractivity contribution is 5.95. The highest BCUT2D eigenvalue weighted by Gasteiger charge is 2.12. The molecular formula is C19H17FN2. The van der Waals surface area contributed by atoms with E-state index in [-0.39, 0.29) is 5.82 Å². The van der Waals surface area contributed by atoms with E-state index in [4.69, 9.17) is 0 Å². The summed E-state index contributed by atoms with van der Waals surface area (Å²) in [6, 6.07) is 13.0. The summed E-state index contributed by atoms with van der Waals surface area (Å²) in [5, 5.41) is 4.54. The minimum Gasteiger partial charge on any atom is -0.361 e. The van der Waals surface area contributed by atoms with Crippen molar-refractivity contribution in [3.8, 4) is 11.1 Å². The first kappa shape index (κ1) is 13.3. The number of benzene rings is 2. The van der Waals surface area contributed by atoms with Crippen LogP contribution in [0.2, 0.25) is 0 Å². The molecule has 3 heteroatoms. The summed E-state index contributed by atoms with van der Waals surface area (Å²) in [7, 11) is 0. The maximum atomic E-state index is 13.5. The smallest absolute Gasteiger partial charge is 0.123 e. The van der Waals surface area contributed by atoms with Gasteiger partial charge < -0.3 is 10.3 Å². The topological polar surface area (TPSA) is 27.8 Å². The summed E-state index contributed by atoms with van der Waals surface area (Å²) in [6.07, 6.45) is 5.37. The van der Waals surface area contributed by atoms with Crippen molar-refractivity contribution >= 4 is 16.5 Å². The molecule has 2 N–H and O–H groups in total. The number of H-pyrrole nitrogens is 1. The second kappa shape index (κ2) is 5.43. The van der Waals surface area contributed by atoms with Gasteiger partial charge in [-0.1, -0.05) is 24.3 Å². The summed E-state index contributed by atoms with van der Waals surface area (Å²) in [5.41, 5.74) is 5.71. The van der Waals surface area contributed by atoms with Crippen molar-refractivity contribution < 1.29 is 4.39 Å². The first-order chi connectivity index (χ1) is 10.8. The van der Waals surface area contributed by atoms with E-state index in [9.17, 15) is 4.39 Å². The van der Waals surface area contributed by atoms with Gasteiger partial charge in [-0.2, -0.15) is 0 Å². The van der Waals surface area contributed by atoms with Crippen LogP contribution < -0.4 is 5.32 Å². The third-order valence-electron chi connectivity index (χ3n) is 4.25. The van der Waals surface area contributed by atoms with Gasteiger partial charge in [0.25, 0.3) is 0 Å². The minimum atomic E-state index is -0.201.